The van der Waals surface area contributed by atoms with E-state index in [-0.39, 0.29) is 0 Å². The topological polar surface area (TPSA) is 22.4 Å². The van der Waals surface area contributed by atoms with Crippen molar-refractivity contribution >= 4 is 97.3 Å². The third-order valence-electron chi connectivity index (χ3n) is 11.7. The van der Waals surface area contributed by atoms with Crippen molar-refractivity contribution in [2.45, 2.75) is 0 Å². The first-order valence-electron chi connectivity index (χ1n) is 17.9. The predicted molar refractivity (Wildman–Crippen MR) is 218 cm³/mol. The van der Waals surface area contributed by atoms with E-state index in [0.717, 1.165) is 55.3 Å². The van der Waals surface area contributed by atoms with Crippen LogP contribution in [0.4, 0.5) is 0 Å². The van der Waals surface area contributed by atoms with Gasteiger partial charge in [0.1, 0.15) is 22.7 Å². The molecule has 2 heteroatoms. The van der Waals surface area contributed by atoms with Gasteiger partial charge in [-0.3, -0.25) is 0 Å². The maximum absolute atomic E-state index is 7.08. The van der Waals surface area contributed by atoms with Crippen LogP contribution in [0.5, 0.6) is 11.5 Å². The molecule has 12 aromatic rings. The highest BCUT2D eigenvalue weighted by atomic mass is 16.5. The van der Waals surface area contributed by atoms with Crippen LogP contribution in [0.2, 0.25) is 0 Å². The molecule has 11 aromatic carbocycles. The second-order valence-corrected chi connectivity index (χ2v) is 14.4. The number of benzene rings is 11. The molecule has 0 unspecified atom stereocenters. The lowest BCUT2D eigenvalue weighted by Gasteiger charge is -2.22. The lowest BCUT2D eigenvalue weighted by molar-refractivity contribution is 0.493. The molecule has 0 bridgehead atoms. The van der Waals surface area contributed by atoms with Gasteiger partial charge in [0.2, 0.25) is 0 Å². The summed E-state index contributed by atoms with van der Waals surface area (Å²) in [5.74, 6) is 1.81. The SMILES string of the molecule is c1ccc2cc3c(cc2c1)oc1c(-c2cc4ccc5cccc6c5c4c4c(cccc24)O6)ccc(-c2ccc4ccc5cccc6ccc2c4c56)c13. The Kier molecular flexibility index (Phi) is 4.89. The number of rotatable bonds is 2. The van der Waals surface area contributed by atoms with Crippen LogP contribution in [-0.2, 0) is 0 Å². The molecule has 0 N–H and O–H groups in total. The number of hydrogen-bond acceptors (Lipinski definition) is 2. The number of hydrogen-bond donors (Lipinski definition) is 0. The van der Waals surface area contributed by atoms with Crippen LogP contribution in [0.15, 0.2) is 162 Å². The van der Waals surface area contributed by atoms with Gasteiger partial charge in [0.05, 0.1) is 0 Å². The summed E-state index contributed by atoms with van der Waals surface area (Å²) >= 11 is 0. The van der Waals surface area contributed by atoms with E-state index < -0.39 is 0 Å². The Morgan fingerprint density at radius 3 is 1.73 bits per heavy atom. The van der Waals surface area contributed by atoms with E-state index in [1.165, 1.54) is 75.8 Å². The third-order valence-corrected chi connectivity index (χ3v) is 11.7. The maximum atomic E-state index is 7.08. The fraction of sp³-hybridized carbons (Fsp3) is 0. The first kappa shape index (κ1) is 26.9. The second-order valence-electron chi connectivity index (χ2n) is 14.4. The average molecular weight is 659 g/mol. The van der Waals surface area contributed by atoms with Gasteiger partial charge in [0.15, 0.2) is 0 Å². The molecule has 0 radical (unpaired) electrons. The molecule has 1 aliphatic heterocycles. The zero-order chi connectivity index (χ0) is 33.7. The Morgan fingerprint density at radius 1 is 0.288 bits per heavy atom. The van der Waals surface area contributed by atoms with Crippen LogP contribution >= 0.6 is 0 Å². The Labute approximate surface area is 297 Å². The maximum Gasteiger partial charge on any atom is 0.143 e. The molecule has 2 heterocycles. The fourth-order valence-electron chi connectivity index (χ4n) is 9.48. The normalized spacial score (nSPS) is 12.8. The smallest absolute Gasteiger partial charge is 0.143 e. The van der Waals surface area contributed by atoms with Gasteiger partial charge in [-0.05, 0) is 112 Å². The van der Waals surface area contributed by atoms with Crippen molar-refractivity contribution in [3.8, 4) is 33.8 Å². The molecular weight excluding hydrogens is 633 g/mol. The lowest BCUT2D eigenvalue weighted by Crippen LogP contribution is -1.96. The first-order chi connectivity index (χ1) is 25.8. The summed E-state index contributed by atoms with van der Waals surface area (Å²) in [6.45, 7) is 0. The van der Waals surface area contributed by atoms with Crippen molar-refractivity contribution in [3.63, 3.8) is 0 Å². The lowest BCUT2D eigenvalue weighted by atomic mass is 9.86. The monoisotopic (exact) mass is 658 g/mol. The van der Waals surface area contributed by atoms with Crippen molar-refractivity contribution in [1.82, 2.24) is 0 Å². The van der Waals surface area contributed by atoms with Crippen molar-refractivity contribution in [2.24, 2.45) is 0 Å². The fourth-order valence-corrected chi connectivity index (χ4v) is 9.48. The van der Waals surface area contributed by atoms with Crippen molar-refractivity contribution in [3.05, 3.63) is 158 Å². The minimum absolute atomic E-state index is 0.894. The van der Waals surface area contributed by atoms with Gasteiger partial charge < -0.3 is 9.15 Å². The molecular formula is C50H26O2. The van der Waals surface area contributed by atoms with Crippen LogP contribution in [-0.4, -0.2) is 0 Å². The van der Waals surface area contributed by atoms with Gasteiger partial charge >= 0.3 is 0 Å². The average Bonchev–Trinajstić information content (AvgIpc) is 3.57. The number of ether oxygens (including phenoxy) is 1. The Balaban J connectivity index is 1.18. The molecule has 2 nitrogen and oxygen atoms in total. The first-order valence-corrected chi connectivity index (χ1v) is 17.9. The zero-order valence-electron chi connectivity index (χ0n) is 27.8. The van der Waals surface area contributed by atoms with Crippen LogP contribution < -0.4 is 4.74 Å². The molecule has 0 spiro atoms. The number of furan rings is 1. The zero-order valence-corrected chi connectivity index (χ0v) is 27.8. The summed E-state index contributed by atoms with van der Waals surface area (Å²) in [6.07, 6.45) is 0. The summed E-state index contributed by atoms with van der Waals surface area (Å²) in [4.78, 5) is 0. The summed E-state index contributed by atoms with van der Waals surface area (Å²) in [7, 11) is 0. The molecule has 0 saturated carbocycles. The highest BCUT2D eigenvalue weighted by Gasteiger charge is 2.25. The summed E-state index contributed by atoms with van der Waals surface area (Å²) in [5.41, 5.74) is 6.41. The largest absolute Gasteiger partial charge is 0.456 e. The minimum atomic E-state index is 0.894. The molecule has 52 heavy (non-hydrogen) atoms. The molecule has 0 saturated heterocycles. The predicted octanol–water partition coefficient (Wildman–Crippen LogP) is 14.5. The van der Waals surface area contributed by atoms with Gasteiger partial charge in [-0.2, -0.15) is 0 Å². The molecule has 0 aliphatic carbocycles. The summed E-state index contributed by atoms with van der Waals surface area (Å²) in [5, 5.41) is 19.5. The van der Waals surface area contributed by atoms with Gasteiger partial charge in [-0.1, -0.05) is 121 Å². The van der Waals surface area contributed by atoms with Crippen molar-refractivity contribution in [2.75, 3.05) is 0 Å². The molecule has 0 amide bonds. The van der Waals surface area contributed by atoms with Crippen molar-refractivity contribution in [1.29, 1.82) is 0 Å². The van der Waals surface area contributed by atoms with E-state index in [2.05, 4.69) is 158 Å². The van der Waals surface area contributed by atoms with Gasteiger partial charge in [0.25, 0.3) is 0 Å². The van der Waals surface area contributed by atoms with E-state index >= 15 is 0 Å². The molecule has 1 aliphatic rings. The van der Waals surface area contributed by atoms with E-state index in [4.69, 9.17) is 9.15 Å². The highest BCUT2D eigenvalue weighted by Crippen LogP contribution is 2.52. The standard InChI is InChI=1S/C50H26O2/c1-2-7-32-26-43-40(24-31(32)6-1)48-37(34-20-18-30-15-14-27-8-3-9-28-19-21-36(34)45(30)44(27)28)22-23-38(50(48)52-43)39-25-33-17-16-29-10-4-12-41-46(29)47(33)49-35(39)11-5-13-42(49)51-41/h1-26H. The van der Waals surface area contributed by atoms with Crippen molar-refractivity contribution < 1.29 is 9.15 Å². The molecule has 13 rings (SSSR count). The molecule has 0 fully saturated rings. The third kappa shape index (κ3) is 3.35. The van der Waals surface area contributed by atoms with Crippen LogP contribution in [0.3, 0.4) is 0 Å². The summed E-state index contributed by atoms with van der Waals surface area (Å²) < 4.78 is 13.7. The molecule has 0 atom stereocenters. The molecule has 238 valence electrons. The van der Waals surface area contributed by atoms with E-state index in [1.54, 1.807) is 0 Å². The van der Waals surface area contributed by atoms with E-state index in [0.29, 0.717) is 0 Å². The molecule has 1 aromatic heterocycles. The Bertz CT molecular complexity index is 3530. The highest BCUT2D eigenvalue weighted by molar-refractivity contribution is 6.30. The van der Waals surface area contributed by atoms with Gasteiger partial charge in [0, 0.05) is 32.5 Å². The minimum Gasteiger partial charge on any atom is -0.456 e. The Hall–Kier alpha value is -6.90. The van der Waals surface area contributed by atoms with Crippen LogP contribution in [0, 0.1) is 0 Å². The Morgan fingerprint density at radius 2 is 0.885 bits per heavy atom. The quantitative estimate of drug-likeness (QED) is 0.173. The van der Waals surface area contributed by atoms with Gasteiger partial charge in [-0.25, -0.2) is 0 Å². The number of fused-ring (bicyclic) bond motifs is 4. The van der Waals surface area contributed by atoms with E-state index in [9.17, 15) is 0 Å². The van der Waals surface area contributed by atoms with Crippen LogP contribution in [0.1, 0.15) is 0 Å². The summed E-state index contributed by atoms with van der Waals surface area (Å²) in [6, 6.07) is 57.6. The van der Waals surface area contributed by atoms with Crippen LogP contribution in [0.25, 0.3) is 120 Å². The van der Waals surface area contributed by atoms with E-state index in [1.807, 2.05) is 0 Å². The van der Waals surface area contributed by atoms with Gasteiger partial charge in [-0.15, -0.1) is 0 Å². The second kappa shape index (κ2) is 9.45.